The summed E-state index contributed by atoms with van der Waals surface area (Å²) < 4.78 is 0. The molecule has 4 N–H and O–H groups in total. The predicted molar refractivity (Wildman–Crippen MR) is 114 cm³/mol. The molecule has 2 aromatic carbocycles. The highest BCUT2D eigenvalue weighted by Crippen LogP contribution is 2.30. The molecule has 8 heteroatoms. The van der Waals surface area contributed by atoms with Crippen LogP contribution in [0, 0.1) is 18.8 Å². The molecule has 1 saturated carbocycles. The van der Waals surface area contributed by atoms with E-state index in [1.807, 2.05) is 13.0 Å². The molecule has 1 aliphatic rings. The van der Waals surface area contributed by atoms with Gasteiger partial charge in [0.2, 0.25) is 5.91 Å². The number of hydrogen-bond acceptors (Lipinski definition) is 4. The van der Waals surface area contributed by atoms with Crippen LogP contribution < -0.4 is 16.2 Å². The molecular weight excluding hydrogens is 398 g/mol. The molecule has 0 saturated heterocycles. The molecule has 2 aromatic rings. The van der Waals surface area contributed by atoms with Gasteiger partial charge in [-0.15, -0.1) is 0 Å². The molecule has 3 rings (SSSR count). The van der Waals surface area contributed by atoms with Crippen molar-refractivity contribution in [1.29, 1.82) is 0 Å². The highest BCUT2D eigenvalue weighted by molar-refractivity contribution is 6.04. The van der Waals surface area contributed by atoms with Gasteiger partial charge in [0.1, 0.15) is 0 Å². The van der Waals surface area contributed by atoms with Crippen molar-refractivity contribution in [3.8, 4) is 0 Å². The number of rotatable bonds is 5. The fraction of sp³-hybridized carbons (Fsp3) is 0.304. The second kappa shape index (κ2) is 9.88. The average molecular weight is 423 g/mol. The van der Waals surface area contributed by atoms with Crippen molar-refractivity contribution < 1.29 is 24.3 Å². The van der Waals surface area contributed by atoms with Crippen molar-refractivity contribution >= 4 is 29.4 Å². The summed E-state index contributed by atoms with van der Waals surface area (Å²) in [6.07, 6.45) is 2.50. The van der Waals surface area contributed by atoms with Gasteiger partial charge in [0.15, 0.2) is 0 Å². The van der Waals surface area contributed by atoms with Crippen molar-refractivity contribution in [2.45, 2.75) is 32.6 Å². The van der Waals surface area contributed by atoms with Crippen LogP contribution in [0.2, 0.25) is 0 Å². The first kappa shape index (κ1) is 22.0. The first-order valence-electron chi connectivity index (χ1n) is 10.2. The van der Waals surface area contributed by atoms with Crippen LogP contribution in [-0.4, -0.2) is 28.8 Å². The van der Waals surface area contributed by atoms with E-state index in [2.05, 4.69) is 16.2 Å². The molecule has 0 unspecified atom stereocenters. The molecule has 2 atom stereocenters. The van der Waals surface area contributed by atoms with Gasteiger partial charge < -0.3 is 10.4 Å². The lowest BCUT2D eigenvalue weighted by Crippen LogP contribution is -2.47. The van der Waals surface area contributed by atoms with Crippen LogP contribution in [0.5, 0.6) is 0 Å². The van der Waals surface area contributed by atoms with E-state index in [4.69, 9.17) is 0 Å². The molecule has 1 fully saturated rings. The number of anilines is 1. The first-order valence-corrected chi connectivity index (χ1v) is 10.2. The lowest BCUT2D eigenvalue weighted by atomic mass is 9.79. The van der Waals surface area contributed by atoms with Crippen LogP contribution in [0.4, 0.5) is 5.69 Å². The van der Waals surface area contributed by atoms with E-state index in [0.717, 1.165) is 18.4 Å². The number of carboxylic acids is 1. The number of aliphatic carboxylic acids is 1. The number of carbonyl (C=O) groups is 4. The molecule has 0 bridgehead atoms. The van der Waals surface area contributed by atoms with Gasteiger partial charge in [-0.25, -0.2) is 0 Å². The number of aryl methyl sites for hydroxylation is 1. The number of benzene rings is 2. The zero-order chi connectivity index (χ0) is 22.4. The maximum Gasteiger partial charge on any atom is 0.307 e. The smallest absolute Gasteiger partial charge is 0.307 e. The van der Waals surface area contributed by atoms with Gasteiger partial charge in [0, 0.05) is 16.8 Å². The molecule has 0 heterocycles. The highest BCUT2D eigenvalue weighted by atomic mass is 16.4. The maximum absolute atomic E-state index is 12.3. The molecular formula is C23H25N3O5. The topological polar surface area (TPSA) is 125 Å². The second-order valence-electron chi connectivity index (χ2n) is 7.68. The third kappa shape index (κ3) is 5.69. The van der Waals surface area contributed by atoms with Crippen molar-refractivity contribution in [3.63, 3.8) is 0 Å². The van der Waals surface area contributed by atoms with E-state index in [0.29, 0.717) is 24.1 Å². The van der Waals surface area contributed by atoms with Crippen LogP contribution in [0.1, 0.15) is 52.0 Å². The molecule has 8 nitrogen and oxygen atoms in total. The standard InChI is InChI=1S/C23H25N3O5/c1-14-5-4-6-16(13-14)20(27)24-17-11-9-15(10-12-17)21(28)25-26-22(29)18-7-2-3-8-19(18)23(30)31/h4-6,9-13,18-19H,2-3,7-8H2,1H3,(H,24,27)(H,25,28)(H,26,29)(H,30,31)/t18-,19+/m1/s1. The predicted octanol–water partition coefficient (Wildman–Crippen LogP) is 2.90. The van der Waals surface area contributed by atoms with Crippen molar-refractivity contribution in [1.82, 2.24) is 10.9 Å². The van der Waals surface area contributed by atoms with Crippen molar-refractivity contribution in [3.05, 3.63) is 65.2 Å². The maximum atomic E-state index is 12.3. The Hall–Kier alpha value is -3.68. The molecule has 162 valence electrons. The van der Waals surface area contributed by atoms with Gasteiger partial charge in [0.05, 0.1) is 11.8 Å². The summed E-state index contributed by atoms with van der Waals surface area (Å²) in [6, 6.07) is 13.4. The van der Waals surface area contributed by atoms with E-state index in [1.165, 1.54) is 12.1 Å². The summed E-state index contributed by atoms with van der Waals surface area (Å²) in [6.45, 7) is 1.90. The molecule has 0 aromatic heterocycles. The molecule has 3 amide bonds. The zero-order valence-corrected chi connectivity index (χ0v) is 17.2. The number of amides is 3. The van der Waals surface area contributed by atoms with Crippen LogP contribution in [-0.2, 0) is 9.59 Å². The van der Waals surface area contributed by atoms with E-state index >= 15 is 0 Å². The van der Waals surface area contributed by atoms with Gasteiger partial charge in [0.25, 0.3) is 11.8 Å². The Morgan fingerprint density at radius 3 is 2.16 bits per heavy atom. The number of hydrogen-bond donors (Lipinski definition) is 4. The van der Waals surface area contributed by atoms with Gasteiger partial charge in [-0.3, -0.25) is 30.0 Å². The lowest BCUT2D eigenvalue weighted by Gasteiger charge is -2.27. The normalized spacial score (nSPS) is 18.0. The van der Waals surface area contributed by atoms with E-state index in [-0.39, 0.29) is 11.5 Å². The number of carbonyl (C=O) groups excluding carboxylic acids is 3. The third-order valence-corrected chi connectivity index (χ3v) is 5.40. The summed E-state index contributed by atoms with van der Waals surface area (Å²) in [5.74, 6) is -3.68. The Balaban J connectivity index is 1.54. The van der Waals surface area contributed by atoms with Gasteiger partial charge in [-0.05, 0) is 56.2 Å². The van der Waals surface area contributed by atoms with Gasteiger partial charge >= 0.3 is 5.97 Å². The molecule has 31 heavy (non-hydrogen) atoms. The Morgan fingerprint density at radius 1 is 0.839 bits per heavy atom. The van der Waals surface area contributed by atoms with E-state index < -0.39 is 29.6 Å². The van der Waals surface area contributed by atoms with Crippen LogP contribution >= 0.6 is 0 Å². The number of nitrogens with one attached hydrogen (secondary N) is 3. The van der Waals surface area contributed by atoms with Crippen LogP contribution in [0.25, 0.3) is 0 Å². The van der Waals surface area contributed by atoms with Gasteiger partial charge in [-0.1, -0.05) is 30.5 Å². The number of carboxylic acid groups (broad SMARTS) is 1. The Morgan fingerprint density at radius 2 is 1.52 bits per heavy atom. The van der Waals surface area contributed by atoms with E-state index in [1.54, 1.807) is 30.3 Å². The second-order valence-corrected chi connectivity index (χ2v) is 7.68. The summed E-state index contributed by atoms with van der Waals surface area (Å²) in [5, 5.41) is 12.1. The third-order valence-electron chi connectivity index (χ3n) is 5.40. The minimum absolute atomic E-state index is 0.256. The first-order chi connectivity index (χ1) is 14.8. The lowest BCUT2D eigenvalue weighted by molar-refractivity contribution is -0.149. The Bertz CT molecular complexity index is 987. The fourth-order valence-corrected chi connectivity index (χ4v) is 3.72. The van der Waals surface area contributed by atoms with E-state index in [9.17, 15) is 24.3 Å². The summed E-state index contributed by atoms with van der Waals surface area (Å²) >= 11 is 0. The minimum Gasteiger partial charge on any atom is -0.481 e. The molecule has 0 radical (unpaired) electrons. The largest absolute Gasteiger partial charge is 0.481 e. The Kier molecular flexibility index (Phi) is 7.02. The van der Waals surface area contributed by atoms with Crippen LogP contribution in [0.15, 0.2) is 48.5 Å². The quantitative estimate of drug-likeness (QED) is 0.551. The van der Waals surface area contributed by atoms with Crippen molar-refractivity contribution in [2.24, 2.45) is 11.8 Å². The summed E-state index contributed by atoms with van der Waals surface area (Å²) in [4.78, 5) is 48.3. The number of hydrazine groups is 1. The zero-order valence-electron chi connectivity index (χ0n) is 17.2. The average Bonchev–Trinajstić information content (AvgIpc) is 2.77. The SMILES string of the molecule is Cc1cccc(C(=O)Nc2ccc(C(=O)NNC(=O)[C@@H]3CCCC[C@@H]3C(=O)O)cc2)c1. The minimum atomic E-state index is -0.991. The Labute approximate surface area is 180 Å². The highest BCUT2D eigenvalue weighted by Gasteiger charge is 2.35. The fourth-order valence-electron chi connectivity index (χ4n) is 3.72. The summed E-state index contributed by atoms with van der Waals surface area (Å²) in [7, 11) is 0. The van der Waals surface area contributed by atoms with Crippen molar-refractivity contribution in [2.75, 3.05) is 5.32 Å². The van der Waals surface area contributed by atoms with Gasteiger partial charge in [-0.2, -0.15) is 0 Å². The summed E-state index contributed by atoms with van der Waals surface area (Å²) in [5.41, 5.74) is 6.99. The molecule has 0 aliphatic heterocycles. The molecule has 1 aliphatic carbocycles. The van der Waals surface area contributed by atoms with Crippen LogP contribution in [0.3, 0.4) is 0 Å². The monoisotopic (exact) mass is 423 g/mol. The molecule has 0 spiro atoms.